The Labute approximate surface area is 133 Å². The summed E-state index contributed by atoms with van der Waals surface area (Å²) in [5, 5.41) is 13.0. The molecule has 0 aromatic carbocycles. The first-order valence-corrected chi connectivity index (χ1v) is 8.28. The van der Waals surface area contributed by atoms with Crippen LogP contribution in [0, 0.1) is 5.92 Å². The first-order valence-electron chi connectivity index (χ1n) is 7.46. The molecule has 1 saturated heterocycles. The zero-order chi connectivity index (χ0) is 15.4. The Kier molecular flexibility index (Phi) is 4.62. The van der Waals surface area contributed by atoms with Crippen molar-refractivity contribution in [3.05, 3.63) is 24.4 Å². The van der Waals surface area contributed by atoms with Crippen LogP contribution in [0.25, 0.3) is 10.7 Å². The summed E-state index contributed by atoms with van der Waals surface area (Å²) < 4.78 is 0. The Bertz CT molecular complexity index is 622. The fourth-order valence-corrected chi connectivity index (χ4v) is 3.50. The lowest BCUT2D eigenvalue weighted by Gasteiger charge is -2.30. The topological polar surface area (TPSA) is 71.0 Å². The average Bonchev–Trinajstić information content (AvgIpc) is 3.06. The number of carbonyl (C=O) groups is 1. The maximum Gasteiger partial charge on any atom is 0.220 e. The minimum Gasteiger partial charge on any atom is -0.359 e. The quantitative estimate of drug-likeness (QED) is 0.933. The molecule has 0 atom stereocenters. The molecule has 2 aromatic heterocycles. The van der Waals surface area contributed by atoms with E-state index in [1.54, 1.807) is 24.6 Å². The highest BCUT2D eigenvalue weighted by atomic mass is 32.1. The van der Waals surface area contributed by atoms with Crippen LogP contribution in [0.5, 0.6) is 0 Å². The third kappa shape index (κ3) is 3.41. The molecule has 1 aliphatic rings. The lowest BCUT2D eigenvalue weighted by Crippen LogP contribution is -2.35. The Balaban J connectivity index is 1.60. The van der Waals surface area contributed by atoms with E-state index in [1.807, 2.05) is 18.2 Å². The summed E-state index contributed by atoms with van der Waals surface area (Å²) in [4.78, 5) is 18.0. The molecule has 2 aromatic rings. The van der Waals surface area contributed by atoms with Gasteiger partial charge in [-0.25, -0.2) is 0 Å². The van der Waals surface area contributed by atoms with Gasteiger partial charge in [0.25, 0.3) is 0 Å². The van der Waals surface area contributed by atoms with E-state index in [0.29, 0.717) is 12.3 Å². The Morgan fingerprint density at radius 1 is 1.36 bits per heavy atom. The molecule has 0 spiro atoms. The van der Waals surface area contributed by atoms with Gasteiger partial charge in [0, 0.05) is 32.8 Å². The summed E-state index contributed by atoms with van der Waals surface area (Å²) in [5.41, 5.74) is 0.862. The zero-order valence-electron chi connectivity index (χ0n) is 12.5. The van der Waals surface area contributed by atoms with Crippen molar-refractivity contribution in [1.29, 1.82) is 0 Å². The van der Waals surface area contributed by atoms with Gasteiger partial charge in [-0.05, 0) is 30.9 Å². The van der Waals surface area contributed by atoms with Crippen molar-refractivity contribution in [2.24, 2.45) is 5.92 Å². The van der Waals surface area contributed by atoms with Crippen LogP contribution >= 0.6 is 11.3 Å². The fourth-order valence-electron chi connectivity index (χ4n) is 2.63. The molecular formula is C15H19N5OS. The second-order valence-electron chi connectivity index (χ2n) is 5.41. The molecular weight excluding hydrogens is 298 g/mol. The van der Waals surface area contributed by atoms with E-state index in [-0.39, 0.29) is 5.91 Å². The number of nitrogens with one attached hydrogen (secondary N) is 1. The zero-order valence-corrected chi connectivity index (χ0v) is 13.3. The van der Waals surface area contributed by atoms with Crippen molar-refractivity contribution in [3.63, 3.8) is 0 Å². The number of aromatic nitrogens is 3. The van der Waals surface area contributed by atoms with Gasteiger partial charge in [0.15, 0.2) is 5.01 Å². The molecule has 1 amide bonds. The summed E-state index contributed by atoms with van der Waals surface area (Å²) in [6.07, 6.45) is 4.43. The van der Waals surface area contributed by atoms with E-state index in [2.05, 4.69) is 25.4 Å². The summed E-state index contributed by atoms with van der Waals surface area (Å²) >= 11 is 1.57. The number of carbonyl (C=O) groups excluding carboxylic acids is 1. The van der Waals surface area contributed by atoms with E-state index in [4.69, 9.17) is 0 Å². The van der Waals surface area contributed by atoms with Crippen LogP contribution in [0.15, 0.2) is 24.4 Å². The molecule has 0 bridgehead atoms. The number of rotatable bonds is 4. The van der Waals surface area contributed by atoms with E-state index in [0.717, 1.165) is 41.8 Å². The van der Waals surface area contributed by atoms with Gasteiger partial charge >= 0.3 is 0 Å². The molecule has 22 heavy (non-hydrogen) atoms. The Morgan fingerprint density at radius 2 is 2.18 bits per heavy atom. The normalized spacial score (nSPS) is 15.8. The van der Waals surface area contributed by atoms with Gasteiger partial charge in [-0.2, -0.15) is 0 Å². The minimum absolute atomic E-state index is 0.131. The summed E-state index contributed by atoms with van der Waals surface area (Å²) in [7, 11) is 1.69. The second kappa shape index (κ2) is 6.83. The van der Waals surface area contributed by atoms with Crippen molar-refractivity contribution in [1.82, 2.24) is 20.5 Å². The van der Waals surface area contributed by atoms with Gasteiger partial charge in [0.2, 0.25) is 11.0 Å². The molecule has 6 nitrogen and oxygen atoms in total. The minimum atomic E-state index is 0.131. The van der Waals surface area contributed by atoms with E-state index < -0.39 is 0 Å². The smallest absolute Gasteiger partial charge is 0.220 e. The highest BCUT2D eigenvalue weighted by molar-refractivity contribution is 7.18. The largest absolute Gasteiger partial charge is 0.359 e. The van der Waals surface area contributed by atoms with Gasteiger partial charge in [-0.15, -0.1) is 10.2 Å². The predicted molar refractivity (Wildman–Crippen MR) is 86.8 cm³/mol. The first kappa shape index (κ1) is 14.9. The highest BCUT2D eigenvalue weighted by Gasteiger charge is 2.23. The molecule has 1 fully saturated rings. The van der Waals surface area contributed by atoms with Gasteiger partial charge in [0.05, 0.1) is 0 Å². The van der Waals surface area contributed by atoms with Gasteiger partial charge in [-0.3, -0.25) is 9.78 Å². The third-order valence-electron chi connectivity index (χ3n) is 3.94. The molecule has 116 valence electrons. The molecule has 1 N–H and O–H groups in total. The van der Waals surface area contributed by atoms with Crippen molar-refractivity contribution in [2.45, 2.75) is 19.3 Å². The van der Waals surface area contributed by atoms with Crippen LogP contribution in [-0.2, 0) is 4.79 Å². The van der Waals surface area contributed by atoms with Crippen LogP contribution in [0.2, 0.25) is 0 Å². The predicted octanol–water partition coefficient (Wildman–Crippen LogP) is 1.95. The van der Waals surface area contributed by atoms with Crippen LogP contribution < -0.4 is 10.2 Å². The monoisotopic (exact) mass is 317 g/mol. The first-order chi connectivity index (χ1) is 10.8. The summed E-state index contributed by atoms with van der Waals surface area (Å²) in [5.74, 6) is 0.603. The fraction of sp³-hybridized carbons (Fsp3) is 0.467. The van der Waals surface area contributed by atoms with Crippen LogP contribution in [0.4, 0.5) is 5.13 Å². The maximum atomic E-state index is 11.4. The second-order valence-corrected chi connectivity index (χ2v) is 6.37. The lowest BCUT2D eigenvalue weighted by molar-refractivity contribution is -0.121. The molecule has 0 saturated carbocycles. The number of piperidine rings is 1. The van der Waals surface area contributed by atoms with Crippen LogP contribution in [-0.4, -0.2) is 41.2 Å². The van der Waals surface area contributed by atoms with E-state index in [1.165, 1.54) is 0 Å². The number of anilines is 1. The number of pyridine rings is 1. The highest BCUT2D eigenvalue weighted by Crippen LogP contribution is 2.30. The Morgan fingerprint density at radius 3 is 2.86 bits per heavy atom. The molecule has 7 heteroatoms. The maximum absolute atomic E-state index is 11.4. The molecule has 3 rings (SSSR count). The average molecular weight is 317 g/mol. The lowest BCUT2D eigenvalue weighted by atomic mass is 9.93. The van der Waals surface area contributed by atoms with E-state index >= 15 is 0 Å². The number of hydrogen-bond donors (Lipinski definition) is 1. The molecule has 1 aliphatic heterocycles. The molecule has 0 aliphatic carbocycles. The van der Waals surface area contributed by atoms with Crippen LogP contribution in [0.3, 0.4) is 0 Å². The van der Waals surface area contributed by atoms with Gasteiger partial charge < -0.3 is 10.2 Å². The number of hydrogen-bond acceptors (Lipinski definition) is 6. The van der Waals surface area contributed by atoms with Crippen molar-refractivity contribution in [3.8, 4) is 10.7 Å². The molecule has 3 heterocycles. The third-order valence-corrected chi connectivity index (χ3v) is 4.94. The van der Waals surface area contributed by atoms with Gasteiger partial charge in [0.1, 0.15) is 5.69 Å². The standard InChI is InChI=1S/C15H19N5OS/c1-16-13(21)10-11-5-8-20(9-6-11)15-19-18-14(22-15)12-4-2-3-7-17-12/h2-4,7,11H,5-6,8-10H2,1H3,(H,16,21). The van der Waals surface area contributed by atoms with Gasteiger partial charge in [-0.1, -0.05) is 17.4 Å². The number of nitrogens with zero attached hydrogens (tertiary/aromatic N) is 4. The number of amides is 1. The molecule has 0 radical (unpaired) electrons. The van der Waals surface area contributed by atoms with Crippen molar-refractivity contribution in [2.75, 3.05) is 25.0 Å². The van der Waals surface area contributed by atoms with Crippen LogP contribution in [0.1, 0.15) is 19.3 Å². The summed E-state index contributed by atoms with van der Waals surface area (Å²) in [6.45, 7) is 1.86. The molecule has 0 unspecified atom stereocenters. The van der Waals surface area contributed by atoms with Crippen molar-refractivity contribution >= 4 is 22.4 Å². The van der Waals surface area contributed by atoms with E-state index in [9.17, 15) is 4.79 Å². The summed E-state index contributed by atoms with van der Waals surface area (Å²) in [6, 6.07) is 5.79. The Hall–Kier alpha value is -2.02. The van der Waals surface area contributed by atoms with Crippen molar-refractivity contribution < 1.29 is 4.79 Å². The SMILES string of the molecule is CNC(=O)CC1CCN(c2nnc(-c3ccccn3)s2)CC1.